The van der Waals surface area contributed by atoms with Crippen molar-refractivity contribution in [2.75, 3.05) is 18.6 Å². The summed E-state index contributed by atoms with van der Waals surface area (Å²) in [6, 6.07) is 6.77. The Hall–Kier alpha value is -1.71. The van der Waals surface area contributed by atoms with Gasteiger partial charge in [-0.15, -0.1) is 0 Å². The Labute approximate surface area is 132 Å². The molecule has 1 N–H and O–H groups in total. The molecular formula is C18H26N2O2. The highest BCUT2D eigenvalue weighted by atomic mass is 16.5. The zero-order valence-electron chi connectivity index (χ0n) is 13.8. The maximum atomic E-state index is 12.6. The Balaban J connectivity index is 1.93. The van der Waals surface area contributed by atoms with Gasteiger partial charge in [-0.3, -0.25) is 4.79 Å². The van der Waals surface area contributed by atoms with E-state index in [1.165, 1.54) is 24.1 Å². The van der Waals surface area contributed by atoms with Gasteiger partial charge >= 0.3 is 0 Å². The van der Waals surface area contributed by atoms with Crippen molar-refractivity contribution < 1.29 is 9.53 Å². The number of carbonyl (C=O) groups is 1. The quantitative estimate of drug-likeness (QED) is 0.933. The van der Waals surface area contributed by atoms with Gasteiger partial charge in [0.1, 0.15) is 5.75 Å². The number of nitrogens with zero attached hydrogens (tertiary/aromatic N) is 1. The van der Waals surface area contributed by atoms with Gasteiger partial charge in [0.2, 0.25) is 5.91 Å². The van der Waals surface area contributed by atoms with Crippen LogP contribution in [-0.4, -0.2) is 31.6 Å². The molecule has 4 heteroatoms. The first-order valence-electron chi connectivity index (χ1n) is 8.34. The van der Waals surface area contributed by atoms with Crippen molar-refractivity contribution >= 4 is 11.6 Å². The third-order valence-electron chi connectivity index (χ3n) is 4.82. The molecule has 22 heavy (non-hydrogen) atoms. The van der Waals surface area contributed by atoms with Crippen LogP contribution in [0.25, 0.3) is 0 Å². The molecule has 1 aromatic rings. The number of benzene rings is 1. The molecule has 0 aliphatic carbocycles. The lowest BCUT2D eigenvalue weighted by molar-refractivity contribution is -0.126. The van der Waals surface area contributed by atoms with Crippen molar-refractivity contribution in [2.24, 2.45) is 5.92 Å². The summed E-state index contributed by atoms with van der Waals surface area (Å²) in [5.74, 6) is 1.16. The fourth-order valence-corrected chi connectivity index (χ4v) is 3.82. The van der Waals surface area contributed by atoms with Crippen LogP contribution >= 0.6 is 0 Å². The summed E-state index contributed by atoms with van der Waals surface area (Å²) in [5.41, 5.74) is 2.53. The molecule has 1 amide bonds. The second-order valence-electron chi connectivity index (χ2n) is 6.73. The normalized spacial score (nSPS) is 23.7. The van der Waals surface area contributed by atoms with Gasteiger partial charge in [0, 0.05) is 30.4 Å². The van der Waals surface area contributed by atoms with E-state index < -0.39 is 0 Å². The molecule has 2 heterocycles. The lowest BCUT2D eigenvalue weighted by Gasteiger charge is -2.46. The van der Waals surface area contributed by atoms with E-state index in [9.17, 15) is 4.79 Å². The van der Waals surface area contributed by atoms with Crippen molar-refractivity contribution in [2.45, 2.75) is 51.6 Å². The summed E-state index contributed by atoms with van der Waals surface area (Å²) >= 11 is 0. The fourth-order valence-electron chi connectivity index (χ4n) is 3.82. The van der Waals surface area contributed by atoms with Crippen LogP contribution in [0.1, 0.15) is 38.7 Å². The molecule has 0 unspecified atom stereocenters. The van der Waals surface area contributed by atoms with Gasteiger partial charge in [0.15, 0.2) is 0 Å². The van der Waals surface area contributed by atoms with E-state index in [1.807, 2.05) is 19.9 Å². The number of hydrogen-bond acceptors (Lipinski definition) is 3. The molecule has 1 aromatic carbocycles. The van der Waals surface area contributed by atoms with Crippen LogP contribution in [0, 0.1) is 5.92 Å². The molecule has 4 nitrogen and oxygen atoms in total. The predicted octanol–water partition coefficient (Wildman–Crippen LogP) is 2.75. The van der Waals surface area contributed by atoms with Crippen LogP contribution in [0.2, 0.25) is 0 Å². The number of hydrogen-bond donors (Lipinski definition) is 1. The highest BCUT2D eigenvalue weighted by Gasteiger charge is 2.39. The second-order valence-corrected chi connectivity index (χ2v) is 6.73. The van der Waals surface area contributed by atoms with E-state index in [0.717, 1.165) is 25.1 Å². The average Bonchev–Trinajstić information content (AvgIpc) is 2.53. The summed E-state index contributed by atoms with van der Waals surface area (Å²) in [4.78, 5) is 15.1. The number of nitrogens with one attached hydrogen (secondary N) is 1. The predicted molar refractivity (Wildman–Crippen MR) is 88.5 cm³/mol. The number of rotatable bonds is 3. The molecule has 3 rings (SSSR count). The molecular weight excluding hydrogens is 276 g/mol. The first kappa shape index (κ1) is 15.2. The molecule has 0 bridgehead atoms. The largest absolute Gasteiger partial charge is 0.497 e. The highest BCUT2D eigenvalue weighted by Crippen LogP contribution is 2.40. The average molecular weight is 302 g/mol. The lowest BCUT2D eigenvalue weighted by Crippen LogP contribution is -2.53. The summed E-state index contributed by atoms with van der Waals surface area (Å²) in [5, 5.41) is 3.11. The number of methoxy groups -OCH3 is 1. The number of carbonyl (C=O) groups excluding carboxylic acids is 1. The monoisotopic (exact) mass is 302 g/mol. The fraction of sp³-hybridized carbons (Fsp3) is 0.611. The lowest BCUT2D eigenvalue weighted by atomic mass is 9.80. The number of anilines is 1. The highest BCUT2D eigenvalue weighted by molar-refractivity contribution is 5.82. The van der Waals surface area contributed by atoms with Crippen LogP contribution < -0.4 is 15.0 Å². The first-order valence-corrected chi connectivity index (χ1v) is 8.34. The molecule has 0 saturated carbocycles. The summed E-state index contributed by atoms with van der Waals surface area (Å²) < 4.78 is 5.38. The Morgan fingerprint density at radius 3 is 2.91 bits per heavy atom. The number of fused-ring (bicyclic) bond motifs is 3. The van der Waals surface area contributed by atoms with Crippen molar-refractivity contribution in [1.29, 1.82) is 0 Å². The van der Waals surface area contributed by atoms with E-state index in [0.29, 0.717) is 6.04 Å². The maximum absolute atomic E-state index is 12.6. The molecule has 0 aromatic heterocycles. The van der Waals surface area contributed by atoms with E-state index >= 15 is 0 Å². The van der Waals surface area contributed by atoms with E-state index in [-0.39, 0.29) is 17.9 Å². The molecule has 2 atom stereocenters. The van der Waals surface area contributed by atoms with Gasteiger partial charge in [-0.1, -0.05) is 6.07 Å². The van der Waals surface area contributed by atoms with Crippen molar-refractivity contribution in [3.8, 4) is 5.75 Å². The molecule has 1 saturated heterocycles. The van der Waals surface area contributed by atoms with E-state index in [2.05, 4.69) is 22.3 Å². The number of piperidine rings is 1. The van der Waals surface area contributed by atoms with E-state index in [1.54, 1.807) is 7.11 Å². The Morgan fingerprint density at radius 1 is 1.36 bits per heavy atom. The second kappa shape index (κ2) is 6.19. The number of ether oxygens (including phenoxy) is 1. The third-order valence-corrected chi connectivity index (χ3v) is 4.82. The van der Waals surface area contributed by atoms with Gasteiger partial charge in [-0.25, -0.2) is 0 Å². The minimum atomic E-state index is 0.0589. The first-order chi connectivity index (χ1) is 10.6. The summed E-state index contributed by atoms with van der Waals surface area (Å²) in [6.07, 6.45) is 4.35. The van der Waals surface area contributed by atoms with Crippen LogP contribution in [0.5, 0.6) is 5.75 Å². The van der Waals surface area contributed by atoms with Gasteiger partial charge < -0.3 is 15.0 Å². The maximum Gasteiger partial charge on any atom is 0.225 e. The molecule has 0 radical (unpaired) electrons. The van der Waals surface area contributed by atoms with Gasteiger partial charge in [-0.05, 0) is 51.2 Å². The van der Waals surface area contributed by atoms with Crippen LogP contribution in [0.4, 0.5) is 5.69 Å². The Morgan fingerprint density at radius 2 is 2.18 bits per heavy atom. The molecule has 120 valence electrons. The van der Waals surface area contributed by atoms with Crippen molar-refractivity contribution in [3.05, 3.63) is 23.8 Å². The zero-order valence-corrected chi connectivity index (χ0v) is 13.8. The summed E-state index contributed by atoms with van der Waals surface area (Å²) in [6.45, 7) is 5.09. The standard InChI is InChI=1S/C18H26N2O2/c1-12(2)19-18(21)15-10-13-7-8-14(22-3)11-17(13)20-9-5-4-6-16(15)20/h7-8,11-12,15-16H,4-6,9-10H2,1-3H3,(H,19,21)/t15-,16-/m1/s1. The molecule has 0 spiro atoms. The topological polar surface area (TPSA) is 41.6 Å². The minimum absolute atomic E-state index is 0.0589. The smallest absolute Gasteiger partial charge is 0.225 e. The van der Waals surface area contributed by atoms with Gasteiger partial charge in [0.25, 0.3) is 0 Å². The molecule has 2 aliphatic heterocycles. The van der Waals surface area contributed by atoms with Crippen molar-refractivity contribution in [1.82, 2.24) is 5.32 Å². The Bertz CT molecular complexity index is 556. The van der Waals surface area contributed by atoms with Crippen LogP contribution in [0.3, 0.4) is 0 Å². The summed E-state index contributed by atoms with van der Waals surface area (Å²) in [7, 11) is 1.71. The number of amides is 1. The molecule has 1 fully saturated rings. The minimum Gasteiger partial charge on any atom is -0.497 e. The van der Waals surface area contributed by atoms with Crippen LogP contribution in [0.15, 0.2) is 18.2 Å². The molecule has 2 aliphatic rings. The third kappa shape index (κ3) is 2.79. The SMILES string of the molecule is COc1ccc2c(c1)N1CCCC[C@@H]1[C@H](C(=O)NC(C)C)C2. The van der Waals surface area contributed by atoms with Crippen LogP contribution in [-0.2, 0) is 11.2 Å². The van der Waals surface area contributed by atoms with Gasteiger partial charge in [-0.2, -0.15) is 0 Å². The zero-order chi connectivity index (χ0) is 15.7. The van der Waals surface area contributed by atoms with Crippen molar-refractivity contribution in [3.63, 3.8) is 0 Å². The van der Waals surface area contributed by atoms with E-state index in [4.69, 9.17) is 4.74 Å². The van der Waals surface area contributed by atoms with Gasteiger partial charge in [0.05, 0.1) is 13.0 Å². The Kier molecular flexibility index (Phi) is 4.27.